The van der Waals surface area contributed by atoms with Gasteiger partial charge in [-0.3, -0.25) is 4.79 Å². The fourth-order valence-corrected chi connectivity index (χ4v) is 3.63. The van der Waals surface area contributed by atoms with E-state index >= 15 is 0 Å². The van der Waals surface area contributed by atoms with Crippen LogP contribution in [0.1, 0.15) is 33.8 Å². The molecule has 0 saturated heterocycles. The quantitative estimate of drug-likeness (QED) is 0.828. The van der Waals surface area contributed by atoms with Crippen LogP contribution in [-0.2, 0) is 6.42 Å². The maximum absolute atomic E-state index is 12.7. The smallest absolute Gasteiger partial charge is 0.170 e. The number of fused-ring (bicyclic) bond motifs is 1. The van der Waals surface area contributed by atoms with Crippen LogP contribution < -0.4 is 4.74 Å². The molecule has 2 atom stereocenters. The number of benzene rings is 2. The molecule has 0 aromatic heterocycles. The number of hydrogen-bond acceptors (Lipinski definition) is 2. The second kappa shape index (κ2) is 3.95. The van der Waals surface area contributed by atoms with E-state index in [1.807, 2.05) is 30.3 Å². The molecule has 2 aromatic rings. The monoisotopic (exact) mass is 264 g/mol. The predicted octanol–water partition coefficient (Wildman–Crippen LogP) is 3.61. The lowest BCUT2D eigenvalue weighted by Crippen LogP contribution is -2.12. The molecule has 0 aliphatic heterocycles. The Kier molecular flexibility index (Phi) is 2.31. The number of hydrogen-bond donors (Lipinski definition) is 0. The highest BCUT2D eigenvalue weighted by atomic mass is 16.5. The molecule has 0 bridgehead atoms. The molecule has 2 nitrogen and oxygen atoms in total. The zero-order chi connectivity index (χ0) is 13.7. The van der Waals surface area contributed by atoms with Crippen molar-refractivity contribution in [3.05, 3.63) is 65.2 Å². The molecule has 0 unspecified atom stereocenters. The van der Waals surface area contributed by atoms with Crippen LogP contribution in [0.15, 0.2) is 48.5 Å². The van der Waals surface area contributed by atoms with Crippen LogP contribution in [0.2, 0.25) is 0 Å². The van der Waals surface area contributed by atoms with Gasteiger partial charge in [0.1, 0.15) is 5.75 Å². The van der Waals surface area contributed by atoms with Gasteiger partial charge in [-0.1, -0.05) is 36.4 Å². The Labute approximate surface area is 118 Å². The van der Waals surface area contributed by atoms with E-state index in [-0.39, 0.29) is 5.41 Å². The first-order chi connectivity index (χ1) is 9.74. The maximum atomic E-state index is 12.7. The zero-order valence-corrected chi connectivity index (χ0v) is 11.4. The van der Waals surface area contributed by atoms with Crippen molar-refractivity contribution < 1.29 is 9.53 Å². The van der Waals surface area contributed by atoms with E-state index in [1.165, 1.54) is 11.1 Å². The number of ether oxygens (including phenoxy) is 1. The molecule has 0 N–H and O–H groups in total. The molecular formula is C18H16O2. The van der Waals surface area contributed by atoms with Crippen LogP contribution in [0.25, 0.3) is 0 Å². The summed E-state index contributed by atoms with van der Waals surface area (Å²) in [5, 5.41) is 0. The van der Waals surface area contributed by atoms with Gasteiger partial charge < -0.3 is 4.74 Å². The van der Waals surface area contributed by atoms with Gasteiger partial charge in [0.25, 0.3) is 0 Å². The number of carbonyl (C=O) groups is 1. The zero-order valence-electron chi connectivity index (χ0n) is 11.4. The standard InChI is InChI=1S/C18H16O2/c1-20-14-7-4-6-12(9-14)16-11-18(16)10-13-5-2-3-8-15(13)17(18)19/h2-9,16H,10-11H2,1H3/t16-,18+/m0/s1. The summed E-state index contributed by atoms with van der Waals surface area (Å²) in [7, 11) is 1.68. The average molecular weight is 264 g/mol. The molecule has 0 heterocycles. The fourth-order valence-electron chi connectivity index (χ4n) is 3.63. The molecule has 1 fully saturated rings. The van der Waals surface area contributed by atoms with Gasteiger partial charge in [0.2, 0.25) is 0 Å². The van der Waals surface area contributed by atoms with E-state index < -0.39 is 0 Å². The van der Waals surface area contributed by atoms with E-state index in [0.717, 1.165) is 24.2 Å². The van der Waals surface area contributed by atoms with Crippen LogP contribution in [0, 0.1) is 5.41 Å². The molecule has 20 heavy (non-hydrogen) atoms. The topological polar surface area (TPSA) is 26.3 Å². The molecule has 1 spiro atoms. The Hall–Kier alpha value is -2.09. The molecule has 1 saturated carbocycles. The van der Waals surface area contributed by atoms with E-state index in [2.05, 4.69) is 18.2 Å². The molecule has 4 rings (SSSR count). The van der Waals surface area contributed by atoms with Crippen molar-refractivity contribution in [3.8, 4) is 5.75 Å². The van der Waals surface area contributed by atoms with Gasteiger partial charge in [0.15, 0.2) is 5.78 Å². The van der Waals surface area contributed by atoms with Crippen molar-refractivity contribution in [2.45, 2.75) is 18.8 Å². The molecule has 0 amide bonds. The minimum atomic E-state index is -0.171. The second-order valence-corrected chi connectivity index (χ2v) is 5.85. The van der Waals surface area contributed by atoms with Crippen molar-refractivity contribution in [2.24, 2.45) is 5.41 Å². The highest BCUT2D eigenvalue weighted by molar-refractivity contribution is 6.07. The van der Waals surface area contributed by atoms with Crippen LogP contribution >= 0.6 is 0 Å². The van der Waals surface area contributed by atoms with Crippen LogP contribution in [0.3, 0.4) is 0 Å². The summed E-state index contributed by atoms with van der Waals surface area (Å²) in [4.78, 5) is 12.7. The summed E-state index contributed by atoms with van der Waals surface area (Å²) < 4.78 is 5.29. The molecule has 0 radical (unpaired) electrons. The normalized spacial score (nSPS) is 26.6. The SMILES string of the molecule is COc1cccc([C@@H]2C[C@]23Cc2ccccc2C3=O)c1. The lowest BCUT2D eigenvalue weighted by Gasteiger charge is -2.08. The van der Waals surface area contributed by atoms with Crippen molar-refractivity contribution >= 4 is 5.78 Å². The third-order valence-corrected chi connectivity index (χ3v) is 4.79. The summed E-state index contributed by atoms with van der Waals surface area (Å²) >= 11 is 0. The summed E-state index contributed by atoms with van der Waals surface area (Å²) in [5.74, 6) is 1.55. The van der Waals surface area contributed by atoms with Gasteiger partial charge in [-0.15, -0.1) is 0 Å². The van der Waals surface area contributed by atoms with E-state index in [1.54, 1.807) is 7.11 Å². The minimum absolute atomic E-state index is 0.171. The summed E-state index contributed by atoms with van der Waals surface area (Å²) in [6, 6.07) is 16.2. The van der Waals surface area contributed by atoms with E-state index in [0.29, 0.717) is 11.7 Å². The molecule has 2 aliphatic rings. The van der Waals surface area contributed by atoms with Crippen LogP contribution in [0.5, 0.6) is 5.75 Å². The van der Waals surface area contributed by atoms with E-state index in [9.17, 15) is 4.79 Å². The third-order valence-electron chi connectivity index (χ3n) is 4.79. The molecular weight excluding hydrogens is 248 g/mol. The maximum Gasteiger partial charge on any atom is 0.170 e. The summed E-state index contributed by atoms with van der Waals surface area (Å²) in [5.41, 5.74) is 3.20. The number of carbonyl (C=O) groups excluding carboxylic acids is 1. The van der Waals surface area contributed by atoms with Gasteiger partial charge >= 0.3 is 0 Å². The van der Waals surface area contributed by atoms with Crippen LogP contribution in [-0.4, -0.2) is 12.9 Å². The van der Waals surface area contributed by atoms with E-state index in [4.69, 9.17) is 4.74 Å². The Balaban J connectivity index is 1.69. The van der Waals surface area contributed by atoms with Gasteiger partial charge in [0.05, 0.1) is 7.11 Å². The summed E-state index contributed by atoms with van der Waals surface area (Å²) in [6.07, 6.45) is 1.86. The lowest BCUT2D eigenvalue weighted by atomic mass is 9.95. The highest BCUT2D eigenvalue weighted by Gasteiger charge is 2.63. The number of methoxy groups -OCH3 is 1. The first kappa shape index (κ1) is 11.7. The summed E-state index contributed by atoms with van der Waals surface area (Å²) in [6.45, 7) is 0. The molecule has 2 aliphatic carbocycles. The first-order valence-corrected chi connectivity index (χ1v) is 7.01. The van der Waals surface area contributed by atoms with Gasteiger partial charge in [-0.2, -0.15) is 0 Å². The second-order valence-electron chi connectivity index (χ2n) is 5.85. The molecule has 2 heteroatoms. The average Bonchev–Trinajstić information content (AvgIpc) is 3.15. The third kappa shape index (κ3) is 1.48. The fraction of sp³-hybridized carbons (Fsp3) is 0.278. The van der Waals surface area contributed by atoms with Crippen LogP contribution in [0.4, 0.5) is 0 Å². The van der Waals surface area contributed by atoms with Gasteiger partial charge in [0, 0.05) is 11.0 Å². The Bertz CT molecular complexity index is 704. The van der Waals surface area contributed by atoms with Crippen molar-refractivity contribution in [3.63, 3.8) is 0 Å². The number of Topliss-reactive ketones (excluding diaryl/α,β-unsaturated/α-hetero) is 1. The Morgan fingerprint density at radius 1 is 1.15 bits per heavy atom. The minimum Gasteiger partial charge on any atom is -0.497 e. The van der Waals surface area contributed by atoms with Crippen molar-refractivity contribution in [1.82, 2.24) is 0 Å². The Morgan fingerprint density at radius 2 is 2.00 bits per heavy atom. The first-order valence-electron chi connectivity index (χ1n) is 7.01. The Morgan fingerprint density at radius 3 is 2.80 bits per heavy atom. The van der Waals surface area contributed by atoms with Crippen molar-refractivity contribution in [1.29, 1.82) is 0 Å². The highest BCUT2D eigenvalue weighted by Crippen LogP contribution is 2.65. The number of rotatable bonds is 2. The van der Waals surface area contributed by atoms with Gasteiger partial charge in [-0.25, -0.2) is 0 Å². The van der Waals surface area contributed by atoms with Gasteiger partial charge in [-0.05, 0) is 42.0 Å². The lowest BCUT2D eigenvalue weighted by molar-refractivity contribution is 0.0914. The molecule has 2 aromatic carbocycles. The predicted molar refractivity (Wildman–Crippen MR) is 77.3 cm³/mol. The largest absolute Gasteiger partial charge is 0.497 e. The molecule has 100 valence electrons. The van der Waals surface area contributed by atoms with Crippen molar-refractivity contribution in [2.75, 3.05) is 7.11 Å². The number of ketones is 1.